The van der Waals surface area contributed by atoms with Crippen LogP contribution in [-0.2, 0) is 12.4 Å². The molecular formula is C11H9BrClFN2. The maximum atomic E-state index is 12.9. The number of nitrogens with zero attached hydrogens (tertiary/aromatic N) is 2. The van der Waals surface area contributed by atoms with Gasteiger partial charge in [0.2, 0.25) is 0 Å². The Labute approximate surface area is 106 Å². The lowest BCUT2D eigenvalue weighted by Gasteiger charge is -2.08. The molecular weight excluding hydrogens is 294 g/mol. The van der Waals surface area contributed by atoms with E-state index < -0.39 is 0 Å². The van der Waals surface area contributed by atoms with Crippen molar-refractivity contribution >= 4 is 27.5 Å². The molecule has 1 heterocycles. The Balaban J connectivity index is 2.27. The second-order valence-corrected chi connectivity index (χ2v) is 4.46. The summed E-state index contributed by atoms with van der Waals surface area (Å²) in [7, 11) is 0. The summed E-state index contributed by atoms with van der Waals surface area (Å²) in [5, 5.41) is 0. The van der Waals surface area contributed by atoms with Crippen molar-refractivity contribution in [3.8, 4) is 0 Å². The van der Waals surface area contributed by atoms with Crippen LogP contribution < -0.4 is 0 Å². The van der Waals surface area contributed by atoms with Crippen molar-refractivity contribution in [2.75, 3.05) is 0 Å². The third-order valence-electron chi connectivity index (χ3n) is 2.28. The van der Waals surface area contributed by atoms with Gasteiger partial charge in [-0.1, -0.05) is 22.0 Å². The lowest BCUT2D eigenvalue weighted by Crippen LogP contribution is -2.03. The monoisotopic (exact) mass is 302 g/mol. The molecule has 2 nitrogen and oxygen atoms in total. The lowest BCUT2D eigenvalue weighted by molar-refractivity contribution is 0.625. The van der Waals surface area contributed by atoms with E-state index >= 15 is 0 Å². The van der Waals surface area contributed by atoms with E-state index in [9.17, 15) is 4.39 Å². The van der Waals surface area contributed by atoms with Crippen LogP contribution in [0.1, 0.15) is 11.4 Å². The maximum Gasteiger partial charge on any atom is 0.124 e. The first kappa shape index (κ1) is 11.6. The van der Waals surface area contributed by atoms with Gasteiger partial charge in [-0.15, -0.1) is 11.6 Å². The smallest absolute Gasteiger partial charge is 0.124 e. The Morgan fingerprint density at radius 2 is 2.25 bits per heavy atom. The SMILES string of the molecule is Fc1ccc(Cn2ccnc2CCl)c(Br)c1. The average molecular weight is 304 g/mol. The predicted molar refractivity (Wildman–Crippen MR) is 65.0 cm³/mol. The number of halogens is 3. The minimum atomic E-state index is -0.251. The van der Waals surface area contributed by atoms with Crippen molar-refractivity contribution in [2.24, 2.45) is 0 Å². The highest BCUT2D eigenvalue weighted by atomic mass is 79.9. The van der Waals surface area contributed by atoms with Gasteiger partial charge in [0.15, 0.2) is 0 Å². The standard InChI is InChI=1S/C11H9BrClFN2/c12-10-5-9(14)2-1-8(10)7-16-4-3-15-11(16)6-13/h1-5H,6-7H2. The molecule has 0 N–H and O–H groups in total. The number of alkyl halides is 1. The molecule has 2 aromatic rings. The molecule has 0 amide bonds. The summed E-state index contributed by atoms with van der Waals surface area (Å²) in [4.78, 5) is 4.12. The van der Waals surface area contributed by atoms with Crippen molar-refractivity contribution in [3.05, 3.63) is 52.3 Å². The van der Waals surface area contributed by atoms with Gasteiger partial charge in [-0.25, -0.2) is 9.37 Å². The van der Waals surface area contributed by atoms with E-state index in [-0.39, 0.29) is 5.82 Å². The highest BCUT2D eigenvalue weighted by molar-refractivity contribution is 9.10. The molecule has 0 spiro atoms. The Morgan fingerprint density at radius 1 is 1.44 bits per heavy atom. The van der Waals surface area contributed by atoms with Crippen LogP contribution in [0.15, 0.2) is 35.1 Å². The zero-order chi connectivity index (χ0) is 11.5. The minimum Gasteiger partial charge on any atom is -0.329 e. The molecule has 0 radical (unpaired) electrons. The van der Waals surface area contributed by atoms with Gasteiger partial charge in [0.05, 0.1) is 5.88 Å². The van der Waals surface area contributed by atoms with E-state index in [1.807, 2.05) is 10.8 Å². The van der Waals surface area contributed by atoms with Crippen LogP contribution in [-0.4, -0.2) is 9.55 Å². The summed E-state index contributed by atoms with van der Waals surface area (Å²) >= 11 is 9.08. The molecule has 0 atom stereocenters. The van der Waals surface area contributed by atoms with E-state index in [2.05, 4.69) is 20.9 Å². The zero-order valence-electron chi connectivity index (χ0n) is 8.33. The van der Waals surface area contributed by atoms with Gasteiger partial charge in [-0.3, -0.25) is 0 Å². The quantitative estimate of drug-likeness (QED) is 0.793. The van der Waals surface area contributed by atoms with Gasteiger partial charge >= 0.3 is 0 Å². The summed E-state index contributed by atoms with van der Waals surface area (Å²) in [5.41, 5.74) is 0.991. The lowest BCUT2D eigenvalue weighted by atomic mass is 10.2. The van der Waals surface area contributed by atoms with Gasteiger partial charge in [0, 0.05) is 23.4 Å². The predicted octanol–water partition coefficient (Wildman–Crippen LogP) is 3.57. The van der Waals surface area contributed by atoms with E-state index in [1.165, 1.54) is 12.1 Å². The van der Waals surface area contributed by atoms with Gasteiger partial charge < -0.3 is 4.57 Å². The second kappa shape index (κ2) is 4.97. The van der Waals surface area contributed by atoms with Crippen molar-refractivity contribution < 1.29 is 4.39 Å². The van der Waals surface area contributed by atoms with Gasteiger partial charge in [-0.05, 0) is 17.7 Å². The van der Waals surface area contributed by atoms with Gasteiger partial charge in [0.1, 0.15) is 11.6 Å². The third kappa shape index (κ3) is 2.44. The number of benzene rings is 1. The number of aromatic nitrogens is 2. The average Bonchev–Trinajstić information content (AvgIpc) is 2.69. The molecule has 84 valence electrons. The molecule has 5 heteroatoms. The van der Waals surface area contributed by atoms with Crippen LogP contribution in [0.4, 0.5) is 4.39 Å². The normalized spacial score (nSPS) is 10.7. The summed E-state index contributed by atoms with van der Waals surface area (Å²) in [5.74, 6) is 0.919. The molecule has 0 fully saturated rings. The summed E-state index contributed by atoms with van der Waals surface area (Å²) in [6.45, 7) is 0.628. The van der Waals surface area contributed by atoms with Crippen LogP contribution in [0.25, 0.3) is 0 Å². The fraction of sp³-hybridized carbons (Fsp3) is 0.182. The Bertz CT molecular complexity index is 498. The van der Waals surface area contributed by atoms with Crippen LogP contribution in [0.3, 0.4) is 0 Å². The number of hydrogen-bond acceptors (Lipinski definition) is 1. The Morgan fingerprint density at radius 3 is 2.94 bits per heavy atom. The van der Waals surface area contributed by atoms with Crippen LogP contribution >= 0.6 is 27.5 Å². The van der Waals surface area contributed by atoms with Crippen LogP contribution in [0, 0.1) is 5.82 Å². The first-order valence-electron chi connectivity index (χ1n) is 4.70. The fourth-order valence-corrected chi connectivity index (χ4v) is 2.15. The molecule has 1 aromatic carbocycles. The zero-order valence-corrected chi connectivity index (χ0v) is 10.7. The molecule has 1 aromatic heterocycles. The molecule has 0 aliphatic rings. The number of hydrogen-bond donors (Lipinski definition) is 0. The van der Waals surface area contributed by atoms with Crippen LogP contribution in [0.2, 0.25) is 0 Å². The largest absolute Gasteiger partial charge is 0.329 e. The topological polar surface area (TPSA) is 17.8 Å². The van der Waals surface area contributed by atoms with Crippen molar-refractivity contribution in [3.63, 3.8) is 0 Å². The number of imidazole rings is 1. The summed E-state index contributed by atoms with van der Waals surface area (Å²) in [6, 6.07) is 4.64. The molecule has 0 aliphatic heterocycles. The first-order valence-corrected chi connectivity index (χ1v) is 6.03. The Hall–Kier alpha value is -0.870. The first-order chi connectivity index (χ1) is 7.70. The van der Waals surface area contributed by atoms with Crippen molar-refractivity contribution in [1.29, 1.82) is 0 Å². The molecule has 16 heavy (non-hydrogen) atoms. The van der Waals surface area contributed by atoms with E-state index in [0.717, 1.165) is 15.9 Å². The van der Waals surface area contributed by atoms with Gasteiger partial charge in [-0.2, -0.15) is 0 Å². The second-order valence-electron chi connectivity index (χ2n) is 3.34. The molecule has 0 saturated heterocycles. The minimum absolute atomic E-state index is 0.251. The maximum absolute atomic E-state index is 12.9. The summed E-state index contributed by atoms with van der Waals surface area (Å²) < 4.78 is 15.6. The van der Waals surface area contributed by atoms with Crippen molar-refractivity contribution in [1.82, 2.24) is 9.55 Å². The van der Waals surface area contributed by atoms with E-state index in [1.54, 1.807) is 12.3 Å². The molecule has 0 bridgehead atoms. The van der Waals surface area contributed by atoms with E-state index in [0.29, 0.717) is 12.4 Å². The summed E-state index contributed by atoms with van der Waals surface area (Å²) in [6.07, 6.45) is 3.56. The Kier molecular flexibility index (Phi) is 3.61. The molecule has 0 saturated carbocycles. The van der Waals surface area contributed by atoms with Gasteiger partial charge in [0.25, 0.3) is 0 Å². The number of rotatable bonds is 3. The van der Waals surface area contributed by atoms with Crippen molar-refractivity contribution in [2.45, 2.75) is 12.4 Å². The van der Waals surface area contributed by atoms with E-state index in [4.69, 9.17) is 11.6 Å². The fourth-order valence-electron chi connectivity index (χ4n) is 1.45. The van der Waals surface area contributed by atoms with Crippen LogP contribution in [0.5, 0.6) is 0 Å². The third-order valence-corrected chi connectivity index (χ3v) is 3.25. The molecule has 2 rings (SSSR count). The highest BCUT2D eigenvalue weighted by Gasteiger charge is 2.05. The molecule has 0 unspecified atom stereocenters. The molecule has 0 aliphatic carbocycles. The highest BCUT2D eigenvalue weighted by Crippen LogP contribution is 2.19.